The summed E-state index contributed by atoms with van der Waals surface area (Å²) < 4.78 is 5.03. The van der Waals surface area contributed by atoms with Crippen LogP contribution in [-0.4, -0.2) is 25.0 Å². The highest BCUT2D eigenvalue weighted by Crippen LogP contribution is 2.01. The molecule has 0 unspecified atom stereocenters. The maximum Gasteiger partial charge on any atom is 0.334 e. The molecule has 2 N–H and O–H groups in total. The van der Waals surface area contributed by atoms with Gasteiger partial charge in [0.2, 0.25) is 0 Å². The third-order valence-corrected chi connectivity index (χ3v) is 2.01. The van der Waals surface area contributed by atoms with Crippen LogP contribution >= 0.6 is 0 Å². The Balaban J connectivity index is 2.45. The summed E-state index contributed by atoms with van der Waals surface area (Å²) in [7, 11) is 3.52. The van der Waals surface area contributed by atoms with Gasteiger partial charge in [-0.2, -0.15) is 0 Å². The minimum Gasteiger partial charge on any atom is -0.458 e. The molecule has 0 aliphatic rings. The molecule has 4 nitrogen and oxygen atoms in total. The predicted octanol–water partition coefficient (Wildman–Crippen LogP) is 1.09. The summed E-state index contributed by atoms with van der Waals surface area (Å²) >= 11 is 0. The minimum absolute atomic E-state index is 0.261. The SMILES string of the molecule is CN(C)/C(N)=C\C(=O)OCc1ccccc1. The first-order valence-corrected chi connectivity index (χ1v) is 4.95. The van der Waals surface area contributed by atoms with Gasteiger partial charge in [-0.25, -0.2) is 4.79 Å². The molecule has 16 heavy (non-hydrogen) atoms. The Bertz CT molecular complexity index is 372. The number of rotatable bonds is 4. The van der Waals surface area contributed by atoms with Crippen molar-refractivity contribution >= 4 is 5.97 Å². The first-order chi connectivity index (χ1) is 7.59. The first-order valence-electron chi connectivity index (χ1n) is 4.95. The van der Waals surface area contributed by atoms with E-state index in [2.05, 4.69) is 0 Å². The summed E-state index contributed by atoms with van der Waals surface area (Å²) in [5.41, 5.74) is 6.52. The standard InChI is InChI=1S/C12H16N2O2/c1-14(2)11(13)8-12(15)16-9-10-6-4-3-5-7-10/h3-8H,9,13H2,1-2H3/b11-8-. The minimum atomic E-state index is -0.435. The lowest BCUT2D eigenvalue weighted by Crippen LogP contribution is -2.20. The number of carbonyl (C=O) groups excluding carboxylic acids is 1. The molecule has 86 valence electrons. The van der Waals surface area contributed by atoms with E-state index in [0.717, 1.165) is 5.56 Å². The Kier molecular flexibility index (Phi) is 4.39. The zero-order valence-electron chi connectivity index (χ0n) is 9.51. The van der Waals surface area contributed by atoms with Crippen LogP contribution in [0.15, 0.2) is 42.2 Å². The lowest BCUT2D eigenvalue weighted by Gasteiger charge is -2.11. The molecule has 1 aromatic carbocycles. The molecule has 0 aliphatic heterocycles. The molecule has 0 bridgehead atoms. The maximum atomic E-state index is 11.3. The van der Waals surface area contributed by atoms with Crippen molar-refractivity contribution in [2.24, 2.45) is 5.73 Å². The largest absolute Gasteiger partial charge is 0.458 e. The number of benzene rings is 1. The molecule has 4 heteroatoms. The van der Waals surface area contributed by atoms with Gasteiger partial charge in [-0.15, -0.1) is 0 Å². The van der Waals surface area contributed by atoms with Crippen LogP contribution in [0.5, 0.6) is 0 Å². The number of nitrogens with zero attached hydrogens (tertiary/aromatic N) is 1. The quantitative estimate of drug-likeness (QED) is 0.609. The Labute approximate surface area is 95.3 Å². The second-order valence-corrected chi connectivity index (χ2v) is 3.56. The fraction of sp³-hybridized carbons (Fsp3) is 0.250. The Morgan fingerprint density at radius 1 is 1.38 bits per heavy atom. The van der Waals surface area contributed by atoms with Crippen LogP contribution in [0.25, 0.3) is 0 Å². The van der Waals surface area contributed by atoms with E-state index in [1.807, 2.05) is 30.3 Å². The average molecular weight is 220 g/mol. The molecule has 0 amide bonds. The van der Waals surface area contributed by atoms with Crippen LogP contribution in [-0.2, 0) is 16.1 Å². The van der Waals surface area contributed by atoms with Crippen molar-refractivity contribution in [1.82, 2.24) is 4.90 Å². The second-order valence-electron chi connectivity index (χ2n) is 3.56. The Hall–Kier alpha value is -1.97. The third-order valence-electron chi connectivity index (χ3n) is 2.01. The highest BCUT2D eigenvalue weighted by Gasteiger charge is 2.01. The van der Waals surface area contributed by atoms with Gasteiger partial charge >= 0.3 is 5.97 Å². The smallest absolute Gasteiger partial charge is 0.334 e. The van der Waals surface area contributed by atoms with Crippen LogP contribution in [0.2, 0.25) is 0 Å². The lowest BCUT2D eigenvalue weighted by molar-refractivity contribution is -0.139. The zero-order valence-corrected chi connectivity index (χ0v) is 9.51. The van der Waals surface area contributed by atoms with Gasteiger partial charge in [0.25, 0.3) is 0 Å². The van der Waals surface area contributed by atoms with Crippen molar-refractivity contribution in [2.45, 2.75) is 6.61 Å². The van der Waals surface area contributed by atoms with E-state index in [0.29, 0.717) is 5.82 Å². The molecule has 1 aromatic rings. The van der Waals surface area contributed by atoms with E-state index in [4.69, 9.17) is 10.5 Å². The predicted molar refractivity (Wildman–Crippen MR) is 62.2 cm³/mol. The van der Waals surface area contributed by atoms with Crippen LogP contribution < -0.4 is 5.73 Å². The zero-order chi connectivity index (χ0) is 12.0. The van der Waals surface area contributed by atoms with Crippen molar-refractivity contribution in [3.05, 3.63) is 47.8 Å². The van der Waals surface area contributed by atoms with E-state index in [-0.39, 0.29) is 6.61 Å². The number of nitrogens with two attached hydrogens (primary N) is 1. The van der Waals surface area contributed by atoms with Gasteiger partial charge in [0.15, 0.2) is 0 Å². The second kappa shape index (κ2) is 5.80. The number of hydrogen-bond acceptors (Lipinski definition) is 4. The van der Waals surface area contributed by atoms with E-state index >= 15 is 0 Å². The molecule has 0 saturated heterocycles. The van der Waals surface area contributed by atoms with Gasteiger partial charge in [0.1, 0.15) is 12.4 Å². The molecule has 0 fully saturated rings. The molecule has 0 atom stereocenters. The van der Waals surface area contributed by atoms with Crippen LogP contribution in [0.4, 0.5) is 0 Å². The molecule has 0 aliphatic carbocycles. The van der Waals surface area contributed by atoms with E-state index in [1.165, 1.54) is 6.08 Å². The summed E-state index contributed by atoms with van der Waals surface area (Å²) in [6.07, 6.45) is 1.27. The highest BCUT2D eigenvalue weighted by atomic mass is 16.5. The normalized spacial score (nSPS) is 11.0. The monoisotopic (exact) mass is 220 g/mol. The molecular weight excluding hydrogens is 204 g/mol. The van der Waals surface area contributed by atoms with Crippen LogP contribution in [0.3, 0.4) is 0 Å². The Morgan fingerprint density at radius 2 is 2.00 bits per heavy atom. The molecule has 0 heterocycles. The number of hydrogen-bond donors (Lipinski definition) is 1. The molecular formula is C12H16N2O2. The van der Waals surface area contributed by atoms with Crippen molar-refractivity contribution in [3.8, 4) is 0 Å². The van der Waals surface area contributed by atoms with Crippen molar-refractivity contribution in [1.29, 1.82) is 0 Å². The molecule has 0 aromatic heterocycles. The molecule has 0 saturated carbocycles. The topological polar surface area (TPSA) is 55.6 Å². The third kappa shape index (κ3) is 4.04. The van der Waals surface area contributed by atoms with Gasteiger partial charge in [0.05, 0.1) is 6.08 Å². The van der Waals surface area contributed by atoms with E-state index in [1.54, 1.807) is 19.0 Å². The van der Waals surface area contributed by atoms with E-state index in [9.17, 15) is 4.79 Å². The van der Waals surface area contributed by atoms with Gasteiger partial charge in [-0.1, -0.05) is 30.3 Å². The van der Waals surface area contributed by atoms with Crippen molar-refractivity contribution in [2.75, 3.05) is 14.1 Å². The summed E-state index contributed by atoms with van der Waals surface area (Å²) in [5, 5.41) is 0. The summed E-state index contributed by atoms with van der Waals surface area (Å²) in [6.45, 7) is 0.261. The highest BCUT2D eigenvalue weighted by molar-refractivity contribution is 5.82. The van der Waals surface area contributed by atoms with E-state index < -0.39 is 5.97 Å². The lowest BCUT2D eigenvalue weighted by atomic mass is 10.2. The maximum absolute atomic E-state index is 11.3. The summed E-state index contributed by atoms with van der Waals surface area (Å²) in [6, 6.07) is 9.49. The number of carbonyl (C=O) groups is 1. The van der Waals surface area contributed by atoms with Gasteiger partial charge in [-0.05, 0) is 5.56 Å². The molecule has 1 rings (SSSR count). The number of ether oxygens (including phenoxy) is 1. The number of esters is 1. The molecule has 0 spiro atoms. The first kappa shape index (κ1) is 12.1. The van der Waals surface area contributed by atoms with Crippen LogP contribution in [0.1, 0.15) is 5.56 Å². The Morgan fingerprint density at radius 3 is 2.56 bits per heavy atom. The molecule has 0 radical (unpaired) electrons. The van der Waals surface area contributed by atoms with Crippen LogP contribution in [0, 0.1) is 0 Å². The van der Waals surface area contributed by atoms with Gasteiger partial charge in [-0.3, -0.25) is 0 Å². The summed E-state index contributed by atoms with van der Waals surface area (Å²) in [4.78, 5) is 13.0. The van der Waals surface area contributed by atoms with Gasteiger partial charge < -0.3 is 15.4 Å². The average Bonchev–Trinajstić information content (AvgIpc) is 2.27. The van der Waals surface area contributed by atoms with Gasteiger partial charge in [0, 0.05) is 14.1 Å². The van der Waals surface area contributed by atoms with Crippen molar-refractivity contribution in [3.63, 3.8) is 0 Å². The fourth-order valence-corrected chi connectivity index (χ4v) is 1.02. The van der Waals surface area contributed by atoms with Crippen molar-refractivity contribution < 1.29 is 9.53 Å². The summed E-state index contributed by atoms with van der Waals surface area (Å²) in [5.74, 6) is -0.0619. The fourth-order valence-electron chi connectivity index (χ4n) is 1.02.